The van der Waals surface area contributed by atoms with Gasteiger partial charge in [-0.05, 0) is 12.8 Å². The maximum atomic E-state index is 5.12. The molecule has 6 heteroatoms. The van der Waals surface area contributed by atoms with Gasteiger partial charge < -0.3 is 20.9 Å². The number of thiol groups is 1. The summed E-state index contributed by atoms with van der Waals surface area (Å²) in [5.41, 5.74) is 0. The molecule has 19 heavy (non-hydrogen) atoms. The number of piperazine rings is 2. The molecule has 2 aliphatic heterocycles. The number of nitrogens with zero attached hydrogens (tertiary/aromatic N) is 1. The van der Waals surface area contributed by atoms with Crippen LogP contribution in [0.2, 0.25) is 0 Å². The summed E-state index contributed by atoms with van der Waals surface area (Å²) < 4.78 is 0.742. The van der Waals surface area contributed by atoms with Crippen LogP contribution in [0.5, 0.6) is 0 Å². The first-order valence-corrected chi connectivity index (χ1v) is 8.18. The molecule has 0 bridgehead atoms. The molecule has 2 heterocycles. The average Bonchev–Trinajstić information content (AvgIpc) is 2.48. The van der Waals surface area contributed by atoms with Gasteiger partial charge in [-0.3, -0.25) is 0 Å². The fraction of sp³-hybridized carbons (Fsp3) is 0.923. The Labute approximate surface area is 128 Å². The van der Waals surface area contributed by atoms with Crippen LogP contribution in [0.25, 0.3) is 0 Å². The van der Waals surface area contributed by atoms with Crippen LogP contribution in [0.4, 0.5) is 0 Å². The summed E-state index contributed by atoms with van der Waals surface area (Å²) in [5.74, 6) is 0. The van der Waals surface area contributed by atoms with Gasteiger partial charge in [0.05, 0.1) is 0 Å². The Morgan fingerprint density at radius 2 is 1.74 bits per heavy atom. The topological polar surface area (TPSA) is 39.3 Å². The third-order valence-corrected chi connectivity index (χ3v) is 4.16. The van der Waals surface area contributed by atoms with Gasteiger partial charge in [0.15, 0.2) is 0 Å². The van der Waals surface area contributed by atoms with Crippen LogP contribution in [0.1, 0.15) is 26.7 Å². The van der Waals surface area contributed by atoms with Crippen molar-refractivity contribution in [3.8, 4) is 0 Å². The van der Waals surface area contributed by atoms with Crippen LogP contribution in [0, 0.1) is 0 Å². The monoisotopic (exact) mass is 304 g/mol. The van der Waals surface area contributed by atoms with Crippen molar-refractivity contribution in [1.29, 1.82) is 0 Å². The van der Waals surface area contributed by atoms with Gasteiger partial charge in [-0.2, -0.15) is 0 Å². The molecule has 0 aromatic heterocycles. The number of hydrogen-bond acceptors (Lipinski definition) is 4. The zero-order valence-corrected chi connectivity index (χ0v) is 13.8. The Morgan fingerprint density at radius 3 is 2.11 bits per heavy atom. The molecule has 4 nitrogen and oxygen atoms in total. The maximum absolute atomic E-state index is 5.12. The van der Waals surface area contributed by atoms with Crippen molar-refractivity contribution in [1.82, 2.24) is 20.9 Å². The Morgan fingerprint density at radius 1 is 1.16 bits per heavy atom. The molecule has 0 unspecified atom stereocenters. The molecule has 2 saturated heterocycles. The van der Waals surface area contributed by atoms with Gasteiger partial charge in [0, 0.05) is 51.4 Å². The third-order valence-electron chi connectivity index (χ3n) is 3.67. The van der Waals surface area contributed by atoms with Crippen LogP contribution in [-0.4, -0.2) is 60.6 Å². The third kappa shape index (κ3) is 6.40. The molecule has 3 N–H and O–H groups in total. The van der Waals surface area contributed by atoms with E-state index in [1.54, 1.807) is 0 Å². The van der Waals surface area contributed by atoms with Gasteiger partial charge in [-0.25, -0.2) is 0 Å². The van der Waals surface area contributed by atoms with Gasteiger partial charge >= 0.3 is 0 Å². The molecule has 0 aliphatic carbocycles. The standard InChI is InChI=1S/C9H18N2S2.C4H10N2/c1-3-7-6-11(9(12)13)8(4-2)5-10-7;1-2-6-4-3-5-1/h7-8,10H,3-6H2,1-2H3,(H,12,13);5-6H,1-4H2/t7-,8+;/m0./s1. The summed E-state index contributed by atoms with van der Waals surface area (Å²) in [7, 11) is 0. The van der Waals surface area contributed by atoms with Crippen LogP contribution >= 0.6 is 24.8 Å². The lowest BCUT2D eigenvalue weighted by Gasteiger charge is -2.40. The summed E-state index contributed by atoms with van der Waals surface area (Å²) in [6.45, 7) is 11.0. The highest BCUT2D eigenvalue weighted by Gasteiger charge is 2.25. The molecule has 0 aromatic rings. The number of rotatable bonds is 2. The molecule has 2 rings (SSSR count). The first-order chi connectivity index (χ1) is 9.19. The van der Waals surface area contributed by atoms with E-state index in [0.717, 1.165) is 56.4 Å². The van der Waals surface area contributed by atoms with Crippen molar-refractivity contribution < 1.29 is 0 Å². The van der Waals surface area contributed by atoms with Crippen LogP contribution in [0.3, 0.4) is 0 Å². The summed E-state index contributed by atoms with van der Waals surface area (Å²) in [6, 6.07) is 1.11. The van der Waals surface area contributed by atoms with Crippen LogP contribution in [0.15, 0.2) is 0 Å². The molecule has 2 fully saturated rings. The molecule has 0 amide bonds. The van der Waals surface area contributed by atoms with Crippen molar-refractivity contribution in [2.75, 3.05) is 39.3 Å². The first kappa shape index (κ1) is 17.2. The minimum Gasteiger partial charge on any atom is -0.352 e. The van der Waals surface area contributed by atoms with E-state index in [9.17, 15) is 0 Å². The predicted molar refractivity (Wildman–Crippen MR) is 90.2 cm³/mol. The van der Waals surface area contributed by atoms with Crippen molar-refractivity contribution in [2.24, 2.45) is 0 Å². The molecule has 2 atom stereocenters. The Balaban J connectivity index is 0.000000250. The normalized spacial score (nSPS) is 27.4. The highest BCUT2D eigenvalue weighted by molar-refractivity contribution is 8.10. The number of nitrogens with one attached hydrogen (secondary N) is 3. The predicted octanol–water partition coefficient (Wildman–Crippen LogP) is 0.843. The fourth-order valence-corrected chi connectivity index (χ4v) is 2.81. The van der Waals surface area contributed by atoms with Crippen LogP contribution in [-0.2, 0) is 0 Å². The van der Waals surface area contributed by atoms with E-state index in [0.29, 0.717) is 12.1 Å². The molecule has 112 valence electrons. The Bertz CT molecular complexity index is 248. The van der Waals surface area contributed by atoms with Gasteiger partial charge in [0.25, 0.3) is 0 Å². The molecular weight excluding hydrogens is 276 g/mol. The van der Waals surface area contributed by atoms with Crippen molar-refractivity contribution in [2.45, 2.75) is 38.8 Å². The lowest BCUT2D eigenvalue weighted by molar-refractivity contribution is 0.212. The van der Waals surface area contributed by atoms with Crippen LogP contribution < -0.4 is 16.0 Å². The Kier molecular flexibility index (Phi) is 8.98. The number of hydrogen-bond donors (Lipinski definition) is 4. The molecule has 0 spiro atoms. The van der Waals surface area contributed by atoms with E-state index in [2.05, 4.69) is 47.3 Å². The lowest BCUT2D eigenvalue weighted by atomic mass is 10.1. The van der Waals surface area contributed by atoms with E-state index < -0.39 is 0 Å². The summed E-state index contributed by atoms with van der Waals surface area (Å²) in [5, 5.41) is 9.96. The van der Waals surface area contributed by atoms with Crippen molar-refractivity contribution >= 4 is 29.2 Å². The zero-order chi connectivity index (χ0) is 14.1. The second kappa shape index (κ2) is 9.94. The van der Waals surface area contributed by atoms with E-state index in [1.807, 2.05) is 0 Å². The largest absolute Gasteiger partial charge is 0.352 e. The fourth-order valence-electron chi connectivity index (χ4n) is 2.34. The van der Waals surface area contributed by atoms with E-state index in [-0.39, 0.29) is 0 Å². The highest BCUT2D eigenvalue weighted by Crippen LogP contribution is 2.14. The minimum absolute atomic E-state index is 0.535. The average molecular weight is 305 g/mol. The van der Waals surface area contributed by atoms with Gasteiger partial charge in [-0.15, -0.1) is 12.6 Å². The molecule has 0 radical (unpaired) electrons. The second-order valence-electron chi connectivity index (χ2n) is 5.01. The quantitative estimate of drug-likeness (QED) is 0.450. The Hall–Kier alpha value is 0.120. The molecule has 0 saturated carbocycles. The summed E-state index contributed by atoms with van der Waals surface area (Å²) in [4.78, 5) is 2.24. The number of thiocarbonyl (C=S) groups is 1. The highest BCUT2D eigenvalue weighted by atomic mass is 32.1. The lowest BCUT2D eigenvalue weighted by Crippen LogP contribution is -2.56. The van der Waals surface area contributed by atoms with Crippen molar-refractivity contribution in [3.05, 3.63) is 0 Å². The molecular formula is C13H28N4S2. The summed E-state index contributed by atoms with van der Waals surface area (Å²) in [6.07, 6.45) is 2.29. The maximum Gasteiger partial charge on any atom is 0.133 e. The SMILES string of the molecule is C1CNCCN1.CC[C@H]1CN(C(=S)S)[C@H](CC)CN1. The summed E-state index contributed by atoms with van der Waals surface area (Å²) >= 11 is 9.39. The van der Waals surface area contributed by atoms with Gasteiger partial charge in [0.1, 0.15) is 4.32 Å². The zero-order valence-electron chi connectivity index (χ0n) is 12.1. The minimum atomic E-state index is 0.535. The van der Waals surface area contributed by atoms with Crippen molar-refractivity contribution in [3.63, 3.8) is 0 Å². The molecule has 2 aliphatic rings. The van der Waals surface area contributed by atoms with Gasteiger partial charge in [0.2, 0.25) is 0 Å². The van der Waals surface area contributed by atoms with E-state index >= 15 is 0 Å². The molecule has 0 aromatic carbocycles. The first-order valence-electron chi connectivity index (χ1n) is 7.33. The van der Waals surface area contributed by atoms with Gasteiger partial charge in [-0.1, -0.05) is 26.1 Å². The second-order valence-corrected chi connectivity index (χ2v) is 6.12. The smallest absolute Gasteiger partial charge is 0.133 e. The van der Waals surface area contributed by atoms with E-state index in [4.69, 9.17) is 12.2 Å². The van der Waals surface area contributed by atoms with E-state index in [1.165, 1.54) is 0 Å².